The Morgan fingerprint density at radius 1 is 1.17 bits per heavy atom. The number of benzene rings is 1. The second kappa shape index (κ2) is 12.9. The fourth-order valence-electron chi connectivity index (χ4n) is 6.72. The Hall–Kier alpha value is -4.55. The monoisotopic (exact) mass is 662 g/mol. The molecule has 3 aromatic rings. The summed E-state index contributed by atoms with van der Waals surface area (Å²) in [6, 6.07) is 5.07. The molecule has 0 saturated carbocycles. The van der Waals surface area contributed by atoms with Gasteiger partial charge in [-0.25, -0.2) is 14.2 Å². The van der Waals surface area contributed by atoms with E-state index >= 15 is 4.39 Å². The first-order valence-electron chi connectivity index (χ1n) is 15.6. The highest BCUT2D eigenvalue weighted by molar-refractivity contribution is 6.35. The lowest BCUT2D eigenvalue weighted by Gasteiger charge is -2.23. The molecule has 246 valence electrons. The number of pyridine rings is 1. The van der Waals surface area contributed by atoms with E-state index in [1.165, 1.54) is 26.4 Å². The molecule has 13 heteroatoms. The van der Waals surface area contributed by atoms with Crippen molar-refractivity contribution in [1.82, 2.24) is 30.1 Å². The topological polar surface area (TPSA) is 136 Å². The van der Waals surface area contributed by atoms with E-state index < -0.39 is 23.0 Å². The molecule has 0 bridgehead atoms. The minimum atomic E-state index is -0.715. The van der Waals surface area contributed by atoms with Gasteiger partial charge in [0.05, 0.1) is 17.8 Å². The predicted molar refractivity (Wildman–Crippen MR) is 176 cm³/mol. The second-order valence-corrected chi connectivity index (χ2v) is 12.6. The number of hydrogen-bond donors (Lipinski definition) is 3. The highest BCUT2D eigenvalue weighted by atomic mass is 35.5. The number of carbonyl (C=O) groups excluding carboxylic acids is 2. The van der Waals surface area contributed by atoms with E-state index in [2.05, 4.69) is 16.0 Å². The first-order chi connectivity index (χ1) is 22.5. The minimum absolute atomic E-state index is 0.0228. The number of halogens is 2. The number of aromatic nitrogens is 3. The van der Waals surface area contributed by atoms with Crippen LogP contribution < -0.4 is 31.9 Å². The molecule has 1 aromatic carbocycles. The fourth-order valence-corrected chi connectivity index (χ4v) is 7.08. The van der Waals surface area contributed by atoms with Crippen LogP contribution in [0.25, 0.3) is 16.8 Å². The lowest BCUT2D eigenvalue weighted by molar-refractivity contribution is -0.119. The zero-order valence-corrected chi connectivity index (χ0v) is 27.4. The molecule has 1 aliphatic heterocycles. The van der Waals surface area contributed by atoms with E-state index in [4.69, 9.17) is 21.3 Å². The number of fused-ring (bicyclic) bond motifs is 1. The molecule has 0 radical (unpaired) electrons. The van der Waals surface area contributed by atoms with Gasteiger partial charge < -0.3 is 25.3 Å². The summed E-state index contributed by atoms with van der Waals surface area (Å²) < 4.78 is 23.4. The van der Waals surface area contributed by atoms with E-state index in [9.17, 15) is 19.2 Å². The molecule has 0 spiro atoms. The van der Waals surface area contributed by atoms with Gasteiger partial charge in [0.1, 0.15) is 11.4 Å². The first kappa shape index (κ1) is 32.4. The molecule has 11 nitrogen and oxygen atoms in total. The average Bonchev–Trinajstić information content (AvgIpc) is 3.67. The molecular formula is C34H36ClFN6O5. The van der Waals surface area contributed by atoms with E-state index in [0.717, 1.165) is 39.5 Å². The number of nitrogens with zero attached hydrogens (tertiary/aromatic N) is 3. The van der Waals surface area contributed by atoms with Crippen LogP contribution in [0.1, 0.15) is 72.1 Å². The normalized spacial score (nSPS) is 19.0. The third-order valence-electron chi connectivity index (χ3n) is 9.26. The first-order valence-corrected chi connectivity index (χ1v) is 15.9. The van der Waals surface area contributed by atoms with Crippen LogP contribution in [0.5, 0.6) is 5.88 Å². The van der Waals surface area contributed by atoms with Crippen LogP contribution in [0.4, 0.5) is 4.39 Å². The summed E-state index contributed by atoms with van der Waals surface area (Å²) in [4.78, 5) is 54.3. The molecule has 2 aliphatic carbocycles. The van der Waals surface area contributed by atoms with Crippen molar-refractivity contribution in [2.24, 2.45) is 14.1 Å². The van der Waals surface area contributed by atoms with Crippen molar-refractivity contribution in [1.29, 1.82) is 0 Å². The Balaban J connectivity index is 1.30. The minimum Gasteiger partial charge on any atom is -0.481 e. The molecule has 3 heterocycles. The molecule has 1 fully saturated rings. The van der Waals surface area contributed by atoms with Crippen molar-refractivity contribution in [3.63, 3.8) is 0 Å². The van der Waals surface area contributed by atoms with Crippen LogP contribution in [0.2, 0.25) is 5.02 Å². The SMILES string of the molecule is COc1nc(-c2ccc(F)c(C3=C(C)C(NC(=O)c4cn(C)c(=O)n(C)c4=O)=CCC3)c2Cl)cc2c1[C@@H](NC[C@@H]1CCC(=O)N1)CC2. The highest BCUT2D eigenvalue weighted by Crippen LogP contribution is 2.44. The number of ether oxygens (including phenoxy) is 1. The molecule has 6 rings (SSSR count). The molecule has 2 atom stereocenters. The quantitative estimate of drug-likeness (QED) is 0.335. The van der Waals surface area contributed by atoms with Crippen molar-refractivity contribution >= 4 is 29.0 Å². The Labute approximate surface area is 275 Å². The predicted octanol–water partition coefficient (Wildman–Crippen LogP) is 3.68. The van der Waals surface area contributed by atoms with E-state index in [-0.39, 0.29) is 34.1 Å². The number of hydrogen-bond acceptors (Lipinski definition) is 7. The molecule has 2 aromatic heterocycles. The largest absolute Gasteiger partial charge is 0.481 e. The van der Waals surface area contributed by atoms with E-state index in [0.29, 0.717) is 59.8 Å². The summed E-state index contributed by atoms with van der Waals surface area (Å²) in [5, 5.41) is 9.52. The van der Waals surface area contributed by atoms with Gasteiger partial charge in [0, 0.05) is 67.7 Å². The van der Waals surface area contributed by atoms with Crippen LogP contribution in [0.15, 0.2) is 51.3 Å². The van der Waals surface area contributed by atoms with Gasteiger partial charge in [0.25, 0.3) is 11.5 Å². The van der Waals surface area contributed by atoms with Crippen LogP contribution in [-0.4, -0.2) is 45.6 Å². The summed E-state index contributed by atoms with van der Waals surface area (Å²) >= 11 is 6.99. The van der Waals surface area contributed by atoms with Gasteiger partial charge in [0.2, 0.25) is 11.8 Å². The van der Waals surface area contributed by atoms with Crippen LogP contribution in [-0.2, 0) is 25.3 Å². The number of methoxy groups -OCH3 is 1. The summed E-state index contributed by atoms with van der Waals surface area (Å²) in [7, 11) is 4.33. The summed E-state index contributed by atoms with van der Waals surface area (Å²) in [5.74, 6) is -0.643. The Morgan fingerprint density at radius 2 is 1.96 bits per heavy atom. The molecular weight excluding hydrogens is 627 g/mol. The smallest absolute Gasteiger partial charge is 0.330 e. The third-order valence-corrected chi connectivity index (χ3v) is 9.65. The van der Waals surface area contributed by atoms with Crippen LogP contribution in [0.3, 0.4) is 0 Å². The fraction of sp³-hybridized carbons (Fsp3) is 0.382. The van der Waals surface area contributed by atoms with E-state index in [1.54, 1.807) is 20.1 Å². The maximum atomic E-state index is 15.6. The van der Waals surface area contributed by atoms with Crippen molar-refractivity contribution in [3.05, 3.63) is 95.7 Å². The van der Waals surface area contributed by atoms with Gasteiger partial charge >= 0.3 is 5.69 Å². The number of rotatable bonds is 8. The lowest BCUT2D eigenvalue weighted by atomic mass is 9.88. The van der Waals surface area contributed by atoms with Gasteiger partial charge in [0.15, 0.2) is 0 Å². The molecule has 2 amide bonds. The Morgan fingerprint density at radius 3 is 2.68 bits per heavy atom. The third kappa shape index (κ3) is 6.03. The lowest BCUT2D eigenvalue weighted by Crippen LogP contribution is -2.41. The van der Waals surface area contributed by atoms with Crippen LogP contribution >= 0.6 is 11.6 Å². The Bertz CT molecular complexity index is 2000. The van der Waals surface area contributed by atoms with Crippen molar-refractivity contribution in [2.75, 3.05) is 13.7 Å². The van der Waals surface area contributed by atoms with Gasteiger partial charge in [-0.2, -0.15) is 0 Å². The number of carbonyl (C=O) groups is 2. The number of aryl methyl sites for hydroxylation is 2. The van der Waals surface area contributed by atoms with Gasteiger partial charge in [-0.05, 0) is 73.9 Å². The van der Waals surface area contributed by atoms with Gasteiger partial charge in [-0.15, -0.1) is 0 Å². The van der Waals surface area contributed by atoms with Gasteiger partial charge in [-0.1, -0.05) is 17.7 Å². The number of amides is 2. The number of nitrogens with one attached hydrogen (secondary N) is 3. The number of allylic oxidation sites excluding steroid dienone is 3. The van der Waals surface area contributed by atoms with E-state index in [1.807, 2.05) is 12.1 Å². The summed E-state index contributed by atoms with van der Waals surface area (Å²) in [5.41, 5.74) is 3.56. The average molecular weight is 663 g/mol. The zero-order chi connectivity index (χ0) is 33.6. The maximum absolute atomic E-state index is 15.6. The van der Waals surface area contributed by atoms with Gasteiger partial charge in [-0.3, -0.25) is 19.0 Å². The Kier molecular flexibility index (Phi) is 8.91. The van der Waals surface area contributed by atoms with Crippen LogP contribution in [0, 0.1) is 5.82 Å². The highest BCUT2D eigenvalue weighted by Gasteiger charge is 2.31. The molecule has 3 N–H and O–H groups in total. The molecule has 0 unspecified atom stereocenters. The molecule has 3 aliphatic rings. The summed E-state index contributed by atoms with van der Waals surface area (Å²) in [6.07, 6.45) is 6.98. The second-order valence-electron chi connectivity index (χ2n) is 12.2. The van der Waals surface area contributed by atoms with Crippen molar-refractivity contribution < 1.29 is 18.7 Å². The summed E-state index contributed by atoms with van der Waals surface area (Å²) in [6.45, 7) is 2.42. The standard InChI is InChI=1S/C34H36ClFN6O5/c1-17-20(6-5-7-24(17)39-31(44)22-16-41(2)34(46)42(3)33(22)45)29-23(36)11-10-21(30(29)35)26-14-18-8-12-25(28(18)32(40-26)47-4)37-15-19-9-13-27(43)38-19/h7,10-11,14,16,19,25,37H,5-6,8-9,12-13,15H2,1-4H3,(H,38,43)(H,39,44)/t19-,25-/m0/s1. The molecule has 47 heavy (non-hydrogen) atoms. The van der Waals surface area contributed by atoms with Crippen molar-refractivity contribution in [3.8, 4) is 17.1 Å². The molecule has 1 saturated heterocycles. The van der Waals surface area contributed by atoms with Crippen molar-refractivity contribution in [2.45, 2.75) is 57.5 Å². The maximum Gasteiger partial charge on any atom is 0.330 e. The zero-order valence-electron chi connectivity index (χ0n) is 26.6.